The van der Waals surface area contributed by atoms with E-state index in [9.17, 15) is 4.79 Å². The summed E-state index contributed by atoms with van der Waals surface area (Å²) in [4.78, 5) is 18.5. The number of anilines is 1. The number of carbonyl (C=O) groups is 1. The molecule has 0 aromatic carbocycles. The van der Waals surface area contributed by atoms with Gasteiger partial charge in [0.2, 0.25) is 0 Å². The third-order valence-electron chi connectivity index (χ3n) is 3.36. The average molecular weight is 262 g/mol. The molecule has 0 radical (unpaired) electrons. The molecule has 1 aliphatic heterocycles. The van der Waals surface area contributed by atoms with E-state index in [2.05, 4.69) is 15.2 Å². The summed E-state index contributed by atoms with van der Waals surface area (Å²) in [6.45, 7) is 3.47. The van der Waals surface area contributed by atoms with Crippen LogP contribution in [0.5, 0.6) is 0 Å². The fourth-order valence-electron chi connectivity index (χ4n) is 2.23. The molecule has 3 N–H and O–H groups in total. The monoisotopic (exact) mass is 262 g/mol. The number of aromatic nitrogens is 1. The zero-order valence-corrected chi connectivity index (χ0v) is 11.3. The first-order chi connectivity index (χ1) is 9.31. The van der Waals surface area contributed by atoms with Crippen LogP contribution in [0.4, 0.5) is 5.82 Å². The molecule has 1 aliphatic rings. The Bertz CT molecular complexity index is 398. The number of amides is 1. The average Bonchev–Trinajstić information content (AvgIpc) is 2.98. The standard InChI is InChI=1S/C14H22N4O/c15-7-1-2-8-16-14(19)12-5-6-13(17-11-12)18-9-3-4-10-18/h5-6,11H,1-4,7-10,15H2,(H,16,19). The number of unbranched alkanes of at least 4 members (excludes halogenated alkanes) is 1. The summed E-state index contributed by atoms with van der Waals surface area (Å²) in [5.74, 6) is 0.912. The summed E-state index contributed by atoms with van der Waals surface area (Å²) >= 11 is 0. The van der Waals surface area contributed by atoms with Crippen LogP contribution in [-0.2, 0) is 0 Å². The third-order valence-corrected chi connectivity index (χ3v) is 3.36. The van der Waals surface area contributed by atoms with Crippen molar-refractivity contribution in [1.29, 1.82) is 0 Å². The van der Waals surface area contributed by atoms with Crippen molar-refractivity contribution in [3.63, 3.8) is 0 Å². The van der Waals surface area contributed by atoms with E-state index in [1.807, 2.05) is 12.1 Å². The molecule has 5 heteroatoms. The van der Waals surface area contributed by atoms with Gasteiger partial charge in [-0.25, -0.2) is 4.98 Å². The van der Waals surface area contributed by atoms with Gasteiger partial charge >= 0.3 is 0 Å². The highest BCUT2D eigenvalue weighted by molar-refractivity contribution is 5.94. The normalized spacial score (nSPS) is 14.7. The van der Waals surface area contributed by atoms with Crippen molar-refractivity contribution in [2.75, 3.05) is 31.1 Å². The van der Waals surface area contributed by atoms with Crippen molar-refractivity contribution in [2.45, 2.75) is 25.7 Å². The third kappa shape index (κ3) is 3.92. The van der Waals surface area contributed by atoms with E-state index < -0.39 is 0 Å². The highest BCUT2D eigenvalue weighted by Crippen LogP contribution is 2.17. The molecule has 0 unspecified atom stereocenters. The van der Waals surface area contributed by atoms with E-state index >= 15 is 0 Å². The van der Waals surface area contributed by atoms with Gasteiger partial charge in [-0.3, -0.25) is 4.79 Å². The van der Waals surface area contributed by atoms with Gasteiger partial charge in [0.25, 0.3) is 5.91 Å². The minimum atomic E-state index is -0.0579. The Labute approximate surface area is 114 Å². The molecular weight excluding hydrogens is 240 g/mol. The number of rotatable bonds is 6. The SMILES string of the molecule is NCCCCNC(=O)c1ccc(N2CCCC2)nc1. The molecule has 0 spiro atoms. The molecular formula is C14H22N4O. The zero-order valence-electron chi connectivity index (χ0n) is 11.3. The lowest BCUT2D eigenvalue weighted by atomic mass is 10.2. The smallest absolute Gasteiger partial charge is 0.252 e. The Morgan fingerprint density at radius 3 is 2.74 bits per heavy atom. The van der Waals surface area contributed by atoms with Crippen LogP contribution in [0, 0.1) is 0 Å². The molecule has 2 rings (SSSR count). The predicted molar refractivity (Wildman–Crippen MR) is 76.3 cm³/mol. The van der Waals surface area contributed by atoms with Crippen molar-refractivity contribution in [2.24, 2.45) is 5.73 Å². The molecule has 0 saturated carbocycles. The van der Waals surface area contributed by atoms with E-state index in [1.54, 1.807) is 6.20 Å². The Hall–Kier alpha value is -1.62. The molecule has 0 bridgehead atoms. The number of nitrogens with one attached hydrogen (secondary N) is 1. The van der Waals surface area contributed by atoms with Gasteiger partial charge in [0.15, 0.2) is 0 Å². The molecule has 5 nitrogen and oxygen atoms in total. The van der Waals surface area contributed by atoms with Gasteiger partial charge in [-0.05, 0) is 44.4 Å². The molecule has 0 atom stereocenters. The maximum Gasteiger partial charge on any atom is 0.252 e. The van der Waals surface area contributed by atoms with Gasteiger partial charge in [-0.15, -0.1) is 0 Å². The lowest BCUT2D eigenvalue weighted by Crippen LogP contribution is -2.25. The molecule has 104 valence electrons. The maximum absolute atomic E-state index is 11.8. The van der Waals surface area contributed by atoms with Gasteiger partial charge in [-0.1, -0.05) is 0 Å². The Morgan fingerprint density at radius 1 is 1.32 bits per heavy atom. The second-order valence-electron chi connectivity index (χ2n) is 4.85. The van der Waals surface area contributed by atoms with Crippen LogP contribution >= 0.6 is 0 Å². The van der Waals surface area contributed by atoms with Crippen molar-refractivity contribution >= 4 is 11.7 Å². The van der Waals surface area contributed by atoms with Gasteiger partial charge in [0, 0.05) is 25.8 Å². The van der Waals surface area contributed by atoms with Crippen molar-refractivity contribution in [3.8, 4) is 0 Å². The topological polar surface area (TPSA) is 71.2 Å². The lowest BCUT2D eigenvalue weighted by Gasteiger charge is -2.16. The molecule has 1 saturated heterocycles. The first-order valence-electron chi connectivity index (χ1n) is 7.00. The molecule has 0 aliphatic carbocycles. The fraction of sp³-hybridized carbons (Fsp3) is 0.571. The van der Waals surface area contributed by atoms with Crippen molar-refractivity contribution in [1.82, 2.24) is 10.3 Å². The highest BCUT2D eigenvalue weighted by atomic mass is 16.1. The molecule has 1 fully saturated rings. The molecule has 1 aromatic heterocycles. The van der Waals surface area contributed by atoms with E-state index in [-0.39, 0.29) is 5.91 Å². The van der Waals surface area contributed by atoms with Crippen LogP contribution in [0.25, 0.3) is 0 Å². The van der Waals surface area contributed by atoms with Crippen LogP contribution in [0.15, 0.2) is 18.3 Å². The van der Waals surface area contributed by atoms with Gasteiger partial charge in [0.1, 0.15) is 5.82 Å². The number of nitrogens with zero attached hydrogens (tertiary/aromatic N) is 2. The van der Waals surface area contributed by atoms with E-state index in [1.165, 1.54) is 12.8 Å². The maximum atomic E-state index is 11.8. The van der Waals surface area contributed by atoms with Crippen molar-refractivity contribution in [3.05, 3.63) is 23.9 Å². The minimum absolute atomic E-state index is 0.0579. The van der Waals surface area contributed by atoms with Crippen LogP contribution < -0.4 is 16.0 Å². The second kappa shape index (κ2) is 7.09. The molecule has 1 aromatic rings. The van der Waals surface area contributed by atoms with Gasteiger partial charge < -0.3 is 16.0 Å². The largest absolute Gasteiger partial charge is 0.357 e. The lowest BCUT2D eigenvalue weighted by molar-refractivity contribution is 0.0952. The van der Waals surface area contributed by atoms with Crippen LogP contribution in [0.3, 0.4) is 0 Å². The summed E-state index contributed by atoms with van der Waals surface area (Å²) in [5, 5.41) is 2.87. The van der Waals surface area contributed by atoms with E-state index in [0.717, 1.165) is 31.7 Å². The first kappa shape index (κ1) is 13.8. The molecule has 1 amide bonds. The summed E-state index contributed by atoms with van der Waals surface area (Å²) in [6.07, 6.45) is 5.97. The van der Waals surface area contributed by atoms with Crippen molar-refractivity contribution < 1.29 is 4.79 Å². The van der Waals surface area contributed by atoms with Gasteiger partial charge in [-0.2, -0.15) is 0 Å². The van der Waals surface area contributed by atoms with E-state index in [0.29, 0.717) is 18.7 Å². The minimum Gasteiger partial charge on any atom is -0.357 e. The first-order valence-corrected chi connectivity index (χ1v) is 7.00. The number of nitrogens with two attached hydrogens (primary N) is 1. The second-order valence-corrected chi connectivity index (χ2v) is 4.85. The summed E-state index contributed by atoms with van der Waals surface area (Å²) < 4.78 is 0. The fourth-order valence-corrected chi connectivity index (χ4v) is 2.23. The van der Waals surface area contributed by atoms with Crippen LogP contribution in [0.2, 0.25) is 0 Å². The predicted octanol–water partition coefficient (Wildman–Crippen LogP) is 1.15. The van der Waals surface area contributed by atoms with Crippen LogP contribution in [0.1, 0.15) is 36.0 Å². The summed E-state index contributed by atoms with van der Waals surface area (Å²) in [7, 11) is 0. The Balaban J connectivity index is 1.85. The van der Waals surface area contributed by atoms with E-state index in [4.69, 9.17) is 5.73 Å². The highest BCUT2D eigenvalue weighted by Gasteiger charge is 2.14. The number of hydrogen-bond acceptors (Lipinski definition) is 4. The quantitative estimate of drug-likeness (QED) is 0.754. The Morgan fingerprint density at radius 2 is 2.11 bits per heavy atom. The van der Waals surface area contributed by atoms with Crippen LogP contribution in [-0.4, -0.2) is 37.1 Å². The van der Waals surface area contributed by atoms with Gasteiger partial charge in [0.05, 0.1) is 5.56 Å². The molecule has 19 heavy (non-hydrogen) atoms. The zero-order chi connectivity index (χ0) is 13.5. The summed E-state index contributed by atoms with van der Waals surface area (Å²) in [6, 6.07) is 3.78. The number of pyridine rings is 1. The summed E-state index contributed by atoms with van der Waals surface area (Å²) in [5.41, 5.74) is 6.03. The Kier molecular flexibility index (Phi) is 5.15. The number of carbonyl (C=O) groups excluding carboxylic acids is 1. The number of hydrogen-bond donors (Lipinski definition) is 2. The molecule has 2 heterocycles.